The SMILES string of the molecule is Cc1cc(C)c(Cc2csc(N3CCC(S(=O)(=O)c4ccc(Br)cc4Cl)CC3)n2)c(C)c1. The van der Waals surface area contributed by atoms with Gasteiger partial charge in [0.25, 0.3) is 0 Å². The van der Waals surface area contributed by atoms with Crippen molar-refractivity contribution in [3.8, 4) is 0 Å². The van der Waals surface area contributed by atoms with E-state index in [0.29, 0.717) is 25.9 Å². The highest BCUT2D eigenvalue weighted by Crippen LogP contribution is 2.33. The topological polar surface area (TPSA) is 50.3 Å². The highest BCUT2D eigenvalue weighted by molar-refractivity contribution is 9.10. The molecule has 3 aromatic rings. The van der Waals surface area contributed by atoms with Gasteiger partial charge < -0.3 is 4.90 Å². The summed E-state index contributed by atoms with van der Waals surface area (Å²) in [5.41, 5.74) is 6.29. The Hall–Kier alpha value is -1.41. The molecule has 0 N–H and O–H groups in total. The molecule has 1 aliphatic rings. The van der Waals surface area contributed by atoms with Gasteiger partial charge in [0.05, 0.1) is 20.9 Å². The number of hydrogen-bond donors (Lipinski definition) is 0. The van der Waals surface area contributed by atoms with Crippen molar-refractivity contribution >= 4 is 53.8 Å². The van der Waals surface area contributed by atoms with E-state index in [9.17, 15) is 8.42 Å². The summed E-state index contributed by atoms with van der Waals surface area (Å²) in [6, 6.07) is 9.40. The number of hydrogen-bond acceptors (Lipinski definition) is 5. The summed E-state index contributed by atoms with van der Waals surface area (Å²) in [4.78, 5) is 7.30. The first kappa shape index (κ1) is 23.7. The number of rotatable bonds is 5. The highest BCUT2D eigenvalue weighted by Gasteiger charge is 2.33. The first-order valence-electron chi connectivity index (χ1n) is 10.6. The molecule has 170 valence electrons. The van der Waals surface area contributed by atoms with Crippen LogP contribution in [0.25, 0.3) is 0 Å². The predicted molar refractivity (Wildman–Crippen MR) is 137 cm³/mol. The van der Waals surface area contributed by atoms with Crippen molar-refractivity contribution < 1.29 is 8.42 Å². The largest absolute Gasteiger partial charge is 0.348 e. The van der Waals surface area contributed by atoms with Crippen molar-refractivity contribution in [2.45, 2.75) is 50.2 Å². The number of halogens is 2. The molecule has 8 heteroatoms. The zero-order valence-electron chi connectivity index (χ0n) is 18.4. The van der Waals surface area contributed by atoms with Gasteiger partial charge in [-0.3, -0.25) is 0 Å². The molecule has 0 spiro atoms. The van der Waals surface area contributed by atoms with Crippen LogP contribution in [-0.4, -0.2) is 31.7 Å². The van der Waals surface area contributed by atoms with Crippen LogP contribution < -0.4 is 4.90 Å². The minimum absolute atomic E-state index is 0.223. The molecule has 4 nitrogen and oxygen atoms in total. The summed E-state index contributed by atoms with van der Waals surface area (Å²) in [5, 5.41) is 2.95. The molecule has 32 heavy (non-hydrogen) atoms. The molecule has 0 atom stereocenters. The molecule has 0 bridgehead atoms. The van der Waals surface area contributed by atoms with E-state index in [0.717, 1.165) is 21.7 Å². The summed E-state index contributed by atoms with van der Waals surface area (Å²) >= 11 is 11.2. The minimum atomic E-state index is -3.46. The number of thiazole rings is 1. The van der Waals surface area contributed by atoms with Gasteiger partial charge in [0.15, 0.2) is 15.0 Å². The van der Waals surface area contributed by atoms with Gasteiger partial charge in [0, 0.05) is 29.4 Å². The van der Waals surface area contributed by atoms with Crippen LogP contribution in [0, 0.1) is 20.8 Å². The Kier molecular flexibility index (Phi) is 7.01. The fourth-order valence-corrected chi connectivity index (χ4v) is 8.09. The average Bonchev–Trinajstić information content (AvgIpc) is 3.19. The van der Waals surface area contributed by atoms with Gasteiger partial charge >= 0.3 is 0 Å². The van der Waals surface area contributed by atoms with Crippen molar-refractivity contribution in [3.63, 3.8) is 0 Å². The normalized spacial score (nSPS) is 15.3. The number of anilines is 1. The number of aryl methyl sites for hydroxylation is 3. The Morgan fingerprint density at radius 3 is 2.41 bits per heavy atom. The predicted octanol–water partition coefficient (Wildman–Crippen LogP) is 6.52. The lowest BCUT2D eigenvalue weighted by Crippen LogP contribution is -2.39. The number of nitrogens with zero attached hydrogens (tertiary/aromatic N) is 2. The lowest BCUT2D eigenvalue weighted by Gasteiger charge is -2.31. The zero-order valence-corrected chi connectivity index (χ0v) is 22.3. The van der Waals surface area contributed by atoms with Gasteiger partial charge in [-0.05, 0) is 68.5 Å². The van der Waals surface area contributed by atoms with E-state index in [-0.39, 0.29) is 9.92 Å². The minimum Gasteiger partial charge on any atom is -0.348 e. The summed E-state index contributed by atoms with van der Waals surface area (Å²) in [6.07, 6.45) is 1.96. The highest BCUT2D eigenvalue weighted by atomic mass is 79.9. The maximum absolute atomic E-state index is 13.1. The molecular weight excluding hydrogens is 528 g/mol. The molecule has 4 rings (SSSR count). The van der Waals surface area contributed by atoms with Crippen molar-refractivity contribution in [1.29, 1.82) is 0 Å². The fraction of sp³-hybridized carbons (Fsp3) is 0.375. The first-order chi connectivity index (χ1) is 15.1. The third-order valence-electron chi connectivity index (χ3n) is 6.09. The van der Waals surface area contributed by atoms with Crippen LogP contribution in [0.5, 0.6) is 0 Å². The van der Waals surface area contributed by atoms with Gasteiger partial charge in [0.2, 0.25) is 0 Å². The van der Waals surface area contributed by atoms with E-state index in [2.05, 4.69) is 59.1 Å². The van der Waals surface area contributed by atoms with Gasteiger partial charge in [-0.15, -0.1) is 11.3 Å². The lowest BCUT2D eigenvalue weighted by molar-refractivity contribution is 0.529. The van der Waals surface area contributed by atoms with E-state index < -0.39 is 15.1 Å². The van der Waals surface area contributed by atoms with E-state index in [1.807, 2.05) is 0 Å². The number of piperidine rings is 1. The standard InChI is InChI=1S/C24H26BrClN2O2S2/c1-15-10-16(2)21(17(3)11-15)13-19-14-31-24(27-19)28-8-6-20(7-9-28)32(29,30)23-5-4-18(25)12-22(23)26/h4-5,10-12,14,20H,6-9,13H2,1-3H3. The summed E-state index contributed by atoms with van der Waals surface area (Å²) in [6.45, 7) is 7.79. The van der Waals surface area contributed by atoms with Crippen LogP contribution in [0.2, 0.25) is 5.02 Å². The molecule has 1 saturated heterocycles. The second-order valence-electron chi connectivity index (χ2n) is 8.48. The van der Waals surface area contributed by atoms with E-state index >= 15 is 0 Å². The first-order valence-corrected chi connectivity index (χ1v) is 14.2. The second kappa shape index (κ2) is 9.45. The second-order valence-corrected chi connectivity index (χ2v) is 12.8. The van der Waals surface area contributed by atoms with Gasteiger partial charge in [0.1, 0.15) is 0 Å². The molecule has 0 radical (unpaired) electrons. The Morgan fingerprint density at radius 2 is 1.78 bits per heavy atom. The van der Waals surface area contributed by atoms with Crippen LogP contribution in [0.15, 0.2) is 45.1 Å². The smallest absolute Gasteiger partial charge is 0.185 e. The molecule has 0 unspecified atom stereocenters. The van der Waals surface area contributed by atoms with E-state index in [4.69, 9.17) is 16.6 Å². The van der Waals surface area contributed by atoms with Crippen molar-refractivity contribution in [1.82, 2.24) is 4.98 Å². The average molecular weight is 554 g/mol. The summed E-state index contributed by atoms with van der Waals surface area (Å²) in [5.74, 6) is 0. The van der Waals surface area contributed by atoms with Crippen LogP contribution >= 0.6 is 38.9 Å². The Morgan fingerprint density at radius 1 is 1.12 bits per heavy atom. The summed E-state index contributed by atoms with van der Waals surface area (Å²) < 4.78 is 27.0. The van der Waals surface area contributed by atoms with Crippen molar-refractivity contribution in [2.75, 3.05) is 18.0 Å². The Labute approximate surface area is 207 Å². The number of benzene rings is 2. The number of sulfone groups is 1. The Bertz CT molecular complexity index is 1230. The zero-order chi connectivity index (χ0) is 23.0. The van der Waals surface area contributed by atoms with Gasteiger partial charge in [-0.1, -0.05) is 45.2 Å². The van der Waals surface area contributed by atoms with Crippen LogP contribution in [-0.2, 0) is 16.3 Å². The van der Waals surface area contributed by atoms with Gasteiger partial charge in [-0.25, -0.2) is 13.4 Å². The molecule has 1 aliphatic heterocycles. The van der Waals surface area contributed by atoms with Crippen LogP contribution in [0.1, 0.15) is 40.8 Å². The third-order valence-corrected chi connectivity index (χ3v) is 10.3. The van der Waals surface area contributed by atoms with Gasteiger partial charge in [-0.2, -0.15) is 0 Å². The maximum atomic E-state index is 13.1. The molecule has 2 aromatic carbocycles. The quantitative estimate of drug-likeness (QED) is 0.361. The molecule has 1 aromatic heterocycles. The molecule has 1 fully saturated rings. The van der Waals surface area contributed by atoms with Crippen LogP contribution in [0.3, 0.4) is 0 Å². The molecule has 0 saturated carbocycles. The lowest BCUT2D eigenvalue weighted by atomic mass is 9.96. The monoisotopic (exact) mass is 552 g/mol. The van der Waals surface area contributed by atoms with Crippen molar-refractivity contribution in [3.05, 3.63) is 73.2 Å². The Balaban J connectivity index is 1.44. The third kappa shape index (κ3) is 4.91. The van der Waals surface area contributed by atoms with Crippen LogP contribution in [0.4, 0.5) is 5.13 Å². The fourth-order valence-electron chi connectivity index (χ4n) is 4.44. The van der Waals surface area contributed by atoms with E-state index in [1.165, 1.54) is 22.3 Å². The van der Waals surface area contributed by atoms with Crippen molar-refractivity contribution in [2.24, 2.45) is 0 Å². The maximum Gasteiger partial charge on any atom is 0.185 e. The molecular formula is C24H26BrClN2O2S2. The summed E-state index contributed by atoms with van der Waals surface area (Å²) in [7, 11) is -3.46. The number of aromatic nitrogens is 1. The molecule has 0 amide bonds. The molecule has 2 heterocycles. The molecule has 0 aliphatic carbocycles. The van der Waals surface area contributed by atoms with E-state index in [1.54, 1.807) is 29.5 Å².